The lowest BCUT2D eigenvalue weighted by atomic mass is 10.1. The fraction of sp³-hybridized carbons (Fsp3) is 0.462. The summed E-state index contributed by atoms with van der Waals surface area (Å²) in [5, 5.41) is 16.9. The predicted octanol–water partition coefficient (Wildman–Crippen LogP) is 1.26. The van der Waals surface area contributed by atoms with Crippen LogP contribution in [-0.4, -0.2) is 36.6 Å². The van der Waals surface area contributed by atoms with E-state index in [0.29, 0.717) is 0 Å². The van der Waals surface area contributed by atoms with Crippen molar-refractivity contribution in [1.29, 1.82) is 0 Å². The van der Waals surface area contributed by atoms with Crippen LogP contribution in [-0.2, 0) is 4.79 Å². The average Bonchev–Trinajstić information content (AvgIpc) is 2.46. The van der Waals surface area contributed by atoms with E-state index in [1.54, 1.807) is 12.1 Å². The summed E-state index contributed by atoms with van der Waals surface area (Å²) in [6, 6.07) is 6.17. The maximum Gasteiger partial charge on any atom is 0.310 e. The number of hydrogen-bond acceptors (Lipinski definition) is 5. The van der Waals surface area contributed by atoms with Crippen molar-refractivity contribution in [3.63, 3.8) is 0 Å². The Morgan fingerprint density at radius 1 is 1.38 bits per heavy atom. The quantitative estimate of drug-likeness (QED) is 0.630. The fourth-order valence-electron chi connectivity index (χ4n) is 2.11. The Hall–Kier alpha value is -1.86. The molecule has 116 valence electrons. The minimum absolute atomic E-state index is 0. The van der Waals surface area contributed by atoms with Crippen LogP contribution in [0.2, 0.25) is 0 Å². The highest BCUT2D eigenvalue weighted by atomic mass is 35.5. The first-order valence-corrected chi connectivity index (χ1v) is 6.53. The standard InChI is InChI=1S/C13H17N3O4.ClH/c17-13(15-10-5-7-14-8-6-10)9-20-12-4-2-1-3-11(12)16(18)19;/h1-4,10,14H,5-9H2,(H,15,17);1H. The number of nitrogens with zero attached hydrogens (tertiary/aromatic N) is 1. The Morgan fingerprint density at radius 2 is 2.05 bits per heavy atom. The van der Waals surface area contributed by atoms with Crippen molar-refractivity contribution < 1.29 is 14.5 Å². The lowest BCUT2D eigenvalue weighted by Crippen LogP contribution is -2.44. The smallest absolute Gasteiger partial charge is 0.310 e. The van der Waals surface area contributed by atoms with E-state index in [4.69, 9.17) is 4.74 Å². The summed E-state index contributed by atoms with van der Waals surface area (Å²) in [5.41, 5.74) is -0.137. The largest absolute Gasteiger partial charge is 0.477 e. The highest BCUT2D eigenvalue weighted by molar-refractivity contribution is 5.85. The molecule has 1 amide bonds. The Kier molecular flexibility index (Phi) is 6.90. The lowest BCUT2D eigenvalue weighted by Gasteiger charge is -2.23. The zero-order valence-electron chi connectivity index (χ0n) is 11.4. The normalized spacial score (nSPS) is 14.9. The Balaban J connectivity index is 0.00000220. The number of benzene rings is 1. The number of rotatable bonds is 5. The van der Waals surface area contributed by atoms with Crippen LogP contribution in [0.1, 0.15) is 12.8 Å². The molecule has 1 fully saturated rings. The molecule has 2 rings (SSSR count). The van der Waals surface area contributed by atoms with Crippen LogP contribution < -0.4 is 15.4 Å². The maximum atomic E-state index is 11.7. The molecule has 1 saturated heterocycles. The van der Waals surface area contributed by atoms with Crippen LogP contribution in [0.5, 0.6) is 5.75 Å². The van der Waals surface area contributed by atoms with Gasteiger partial charge in [-0.15, -0.1) is 12.4 Å². The van der Waals surface area contributed by atoms with Gasteiger partial charge in [-0.3, -0.25) is 14.9 Å². The summed E-state index contributed by atoms with van der Waals surface area (Å²) >= 11 is 0. The van der Waals surface area contributed by atoms with Gasteiger partial charge in [0.2, 0.25) is 0 Å². The Bertz CT molecular complexity index is 492. The molecule has 8 heteroatoms. The van der Waals surface area contributed by atoms with Gasteiger partial charge in [0.1, 0.15) is 0 Å². The number of piperidine rings is 1. The van der Waals surface area contributed by atoms with E-state index in [-0.39, 0.29) is 42.4 Å². The second kappa shape index (κ2) is 8.43. The van der Waals surface area contributed by atoms with E-state index < -0.39 is 4.92 Å². The lowest BCUT2D eigenvalue weighted by molar-refractivity contribution is -0.385. The van der Waals surface area contributed by atoms with Gasteiger partial charge in [0.05, 0.1) is 4.92 Å². The third-order valence-electron chi connectivity index (χ3n) is 3.12. The first-order valence-electron chi connectivity index (χ1n) is 6.53. The second-order valence-corrected chi connectivity index (χ2v) is 4.61. The van der Waals surface area contributed by atoms with Gasteiger partial charge in [0.25, 0.3) is 5.91 Å². The Labute approximate surface area is 128 Å². The molecule has 1 heterocycles. The molecule has 0 atom stereocenters. The summed E-state index contributed by atoms with van der Waals surface area (Å²) in [4.78, 5) is 22.0. The van der Waals surface area contributed by atoms with E-state index in [1.165, 1.54) is 12.1 Å². The predicted molar refractivity (Wildman–Crippen MR) is 79.9 cm³/mol. The zero-order chi connectivity index (χ0) is 14.4. The van der Waals surface area contributed by atoms with Gasteiger partial charge in [-0.1, -0.05) is 12.1 Å². The second-order valence-electron chi connectivity index (χ2n) is 4.61. The highest BCUT2D eigenvalue weighted by Crippen LogP contribution is 2.25. The van der Waals surface area contributed by atoms with Crippen molar-refractivity contribution in [2.45, 2.75) is 18.9 Å². The molecule has 1 aliphatic heterocycles. The number of ether oxygens (including phenoxy) is 1. The molecule has 0 saturated carbocycles. The number of carbonyl (C=O) groups is 1. The van der Waals surface area contributed by atoms with Crippen LogP contribution in [0, 0.1) is 10.1 Å². The van der Waals surface area contributed by atoms with E-state index in [0.717, 1.165) is 25.9 Å². The topological polar surface area (TPSA) is 93.5 Å². The minimum atomic E-state index is -0.528. The molecule has 21 heavy (non-hydrogen) atoms. The molecular weight excluding hydrogens is 298 g/mol. The van der Waals surface area contributed by atoms with Gasteiger partial charge in [0.15, 0.2) is 12.4 Å². The first-order chi connectivity index (χ1) is 9.66. The Morgan fingerprint density at radius 3 is 2.71 bits per heavy atom. The summed E-state index contributed by atoms with van der Waals surface area (Å²) in [6.07, 6.45) is 1.77. The molecular formula is C13H18ClN3O4. The van der Waals surface area contributed by atoms with E-state index in [9.17, 15) is 14.9 Å². The molecule has 0 bridgehead atoms. The molecule has 2 N–H and O–H groups in total. The van der Waals surface area contributed by atoms with Gasteiger partial charge in [-0.2, -0.15) is 0 Å². The summed E-state index contributed by atoms with van der Waals surface area (Å²) in [7, 11) is 0. The van der Waals surface area contributed by atoms with Crippen molar-refractivity contribution in [2.24, 2.45) is 0 Å². The van der Waals surface area contributed by atoms with Gasteiger partial charge < -0.3 is 15.4 Å². The third-order valence-corrected chi connectivity index (χ3v) is 3.12. The van der Waals surface area contributed by atoms with Crippen LogP contribution in [0.3, 0.4) is 0 Å². The number of nitro benzene ring substituents is 1. The fourth-order valence-corrected chi connectivity index (χ4v) is 2.11. The monoisotopic (exact) mass is 315 g/mol. The van der Waals surface area contributed by atoms with Crippen LogP contribution in [0.4, 0.5) is 5.69 Å². The molecule has 0 aromatic heterocycles. The van der Waals surface area contributed by atoms with Crippen LogP contribution in [0.15, 0.2) is 24.3 Å². The molecule has 0 aliphatic carbocycles. The summed E-state index contributed by atoms with van der Waals surface area (Å²) < 4.78 is 5.23. The molecule has 1 aromatic rings. The van der Waals surface area contributed by atoms with Crippen molar-refractivity contribution in [3.05, 3.63) is 34.4 Å². The minimum Gasteiger partial charge on any atom is -0.477 e. The van der Waals surface area contributed by atoms with Gasteiger partial charge in [0, 0.05) is 12.1 Å². The van der Waals surface area contributed by atoms with Crippen molar-refractivity contribution >= 4 is 24.0 Å². The number of para-hydroxylation sites is 2. The SMILES string of the molecule is Cl.O=C(COc1ccccc1[N+](=O)[O-])NC1CCNCC1. The number of carbonyl (C=O) groups excluding carboxylic acids is 1. The molecule has 1 aliphatic rings. The van der Waals surface area contributed by atoms with Crippen molar-refractivity contribution in [2.75, 3.05) is 19.7 Å². The summed E-state index contributed by atoms with van der Waals surface area (Å²) in [5.74, 6) is -0.145. The van der Waals surface area contributed by atoms with Gasteiger partial charge in [-0.25, -0.2) is 0 Å². The summed E-state index contributed by atoms with van der Waals surface area (Å²) in [6.45, 7) is 1.56. The molecule has 0 spiro atoms. The first kappa shape index (κ1) is 17.2. The number of hydrogen-bond donors (Lipinski definition) is 2. The molecule has 7 nitrogen and oxygen atoms in total. The van der Waals surface area contributed by atoms with Crippen LogP contribution in [0.25, 0.3) is 0 Å². The molecule has 1 aromatic carbocycles. The number of nitro groups is 1. The highest BCUT2D eigenvalue weighted by Gasteiger charge is 2.18. The molecule has 0 unspecified atom stereocenters. The van der Waals surface area contributed by atoms with E-state index in [2.05, 4.69) is 10.6 Å². The van der Waals surface area contributed by atoms with Crippen molar-refractivity contribution in [3.8, 4) is 5.75 Å². The van der Waals surface area contributed by atoms with E-state index >= 15 is 0 Å². The van der Waals surface area contributed by atoms with Crippen molar-refractivity contribution in [1.82, 2.24) is 10.6 Å². The van der Waals surface area contributed by atoms with E-state index in [1.807, 2.05) is 0 Å². The van der Waals surface area contributed by atoms with Gasteiger partial charge >= 0.3 is 5.69 Å². The van der Waals surface area contributed by atoms with Crippen LogP contribution >= 0.6 is 12.4 Å². The molecule has 0 radical (unpaired) electrons. The maximum absolute atomic E-state index is 11.7. The average molecular weight is 316 g/mol. The third kappa shape index (κ3) is 5.20. The number of amides is 1. The number of nitrogens with one attached hydrogen (secondary N) is 2. The van der Waals surface area contributed by atoms with Gasteiger partial charge in [-0.05, 0) is 32.0 Å². The number of halogens is 1. The zero-order valence-corrected chi connectivity index (χ0v) is 12.2.